The highest BCUT2D eigenvalue weighted by molar-refractivity contribution is 7.16. The second-order valence-electron chi connectivity index (χ2n) is 5.31. The molecule has 3 aromatic rings. The van der Waals surface area contributed by atoms with Crippen LogP contribution < -0.4 is 5.32 Å². The Bertz CT molecular complexity index is 892. The van der Waals surface area contributed by atoms with Gasteiger partial charge >= 0.3 is 0 Å². The topological polar surface area (TPSA) is 64.1 Å². The zero-order chi connectivity index (χ0) is 17.8. The fourth-order valence-corrected chi connectivity index (χ4v) is 3.95. The van der Waals surface area contributed by atoms with Crippen molar-refractivity contribution in [3.63, 3.8) is 0 Å². The molecule has 130 valence electrons. The van der Waals surface area contributed by atoms with Gasteiger partial charge in [0.15, 0.2) is 5.13 Å². The van der Waals surface area contributed by atoms with Crippen LogP contribution in [0.25, 0.3) is 0 Å². The summed E-state index contributed by atoms with van der Waals surface area (Å²) < 4.78 is 18.8. The maximum Gasteiger partial charge on any atom is 0.276 e. The Morgan fingerprint density at radius 3 is 2.88 bits per heavy atom. The summed E-state index contributed by atoms with van der Waals surface area (Å²) in [5.41, 5.74) is 1.72. The Kier molecular flexibility index (Phi) is 5.52. The van der Waals surface area contributed by atoms with Gasteiger partial charge in [-0.3, -0.25) is 10.1 Å². The van der Waals surface area contributed by atoms with E-state index < -0.39 is 0 Å². The van der Waals surface area contributed by atoms with Crippen LogP contribution in [0.1, 0.15) is 31.6 Å². The average Bonchev–Trinajstić information content (AvgIpc) is 3.17. The number of benzene rings is 1. The number of aryl methyl sites for hydroxylation is 1. The van der Waals surface area contributed by atoms with E-state index in [0.29, 0.717) is 29.4 Å². The van der Waals surface area contributed by atoms with Crippen molar-refractivity contribution in [3.8, 4) is 0 Å². The Balaban J connectivity index is 1.71. The summed E-state index contributed by atoms with van der Waals surface area (Å²) in [6.45, 7) is 2.23. The van der Waals surface area contributed by atoms with Crippen LogP contribution in [-0.2, 0) is 17.8 Å². The van der Waals surface area contributed by atoms with E-state index in [0.717, 1.165) is 15.6 Å². The molecule has 0 radical (unpaired) electrons. The second kappa shape index (κ2) is 7.81. The molecule has 0 aliphatic carbocycles. The van der Waals surface area contributed by atoms with Crippen LogP contribution in [0.5, 0.6) is 0 Å². The van der Waals surface area contributed by atoms with Crippen molar-refractivity contribution in [2.24, 2.45) is 0 Å². The van der Waals surface area contributed by atoms with Crippen LogP contribution in [-0.4, -0.2) is 23.0 Å². The lowest BCUT2D eigenvalue weighted by Crippen LogP contribution is -2.12. The summed E-state index contributed by atoms with van der Waals surface area (Å²) in [7, 11) is 1.58. The number of hydrogen-bond acceptors (Lipinski definition) is 6. The molecule has 25 heavy (non-hydrogen) atoms. The molecule has 0 aliphatic heterocycles. The number of aromatic nitrogens is 2. The van der Waals surface area contributed by atoms with Crippen LogP contribution in [0.4, 0.5) is 9.52 Å². The lowest BCUT2D eigenvalue weighted by atomic mass is 10.1. The minimum Gasteiger partial charge on any atom is -0.378 e. The molecule has 1 aromatic carbocycles. The number of carbonyl (C=O) groups excluding carboxylic acids is 1. The highest BCUT2D eigenvalue weighted by Crippen LogP contribution is 2.26. The standard InChI is InChI=1S/C17H16FN3O2S2/c1-10-14(7-11-5-3-4-6-12(11)18)25-17(19-10)21-16(22)13-9-24-15(20-13)8-23-2/h3-6,9H,7-8H2,1-2H3,(H,19,21,22). The van der Waals surface area contributed by atoms with Gasteiger partial charge in [-0.1, -0.05) is 18.2 Å². The van der Waals surface area contributed by atoms with Crippen molar-refractivity contribution in [3.05, 3.63) is 62.3 Å². The lowest BCUT2D eigenvalue weighted by Gasteiger charge is -2.01. The first-order valence-electron chi connectivity index (χ1n) is 7.51. The number of nitrogens with zero attached hydrogens (tertiary/aromatic N) is 2. The number of methoxy groups -OCH3 is 1. The second-order valence-corrected chi connectivity index (χ2v) is 7.34. The van der Waals surface area contributed by atoms with Crippen molar-refractivity contribution < 1.29 is 13.9 Å². The molecular weight excluding hydrogens is 361 g/mol. The Morgan fingerprint density at radius 1 is 1.32 bits per heavy atom. The summed E-state index contributed by atoms with van der Waals surface area (Å²) in [5, 5.41) is 5.66. The van der Waals surface area contributed by atoms with Crippen molar-refractivity contribution in [2.45, 2.75) is 20.0 Å². The number of hydrogen-bond donors (Lipinski definition) is 1. The zero-order valence-electron chi connectivity index (χ0n) is 13.7. The van der Waals surface area contributed by atoms with E-state index in [2.05, 4.69) is 15.3 Å². The predicted octanol–water partition coefficient (Wildman–Crippen LogP) is 4.04. The number of nitrogens with one attached hydrogen (secondary N) is 1. The first-order valence-corrected chi connectivity index (χ1v) is 9.21. The van der Waals surface area contributed by atoms with Gasteiger partial charge in [-0.25, -0.2) is 14.4 Å². The Morgan fingerprint density at radius 2 is 2.12 bits per heavy atom. The highest BCUT2D eigenvalue weighted by Gasteiger charge is 2.15. The smallest absolute Gasteiger partial charge is 0.276 e. The van der Waals surface area contributed by atoms with Gasteiger partial charge in [-0.2, -0.15) is 0 Å². The fourth-order valence-electron chi connectivity index (χ4n) is 2.23. The Labute approximate surface area is 152 Å². The molecular formula is C17H16FN3O2S2. The van der Waals surface area contributed by atoms with Crippen LogP contribution in [0.15, 0.2) is 29.6 Å². The van der Waals surface area contributed by atoms with Crippen LogP contribution in [0.2, 0.25) is 0 Å². The summed E-state index contributed by atoms with van der Waals surface area (Å²) in [6.07, 6.45) is 0.445. The summed E-state index contributed by atoms with van der Waals surface area (Å²) in [6, 6.07) is 6.65. The van der Waals surface area contributed by atoms with Gasteiger partial charge in [-0.05, 0) is 18.6 Å². The van der Waals surface area contributed by atoms with Crippen molar-refractivity contribution in [1.29, 1.82) is 0 Å². The molecule has 2 heterocycles. The molecule has 0 saturated heterocycles. The summed E-state index contributed by atoms with van der Waals surface area (Å²) in [5.74, 6) is -0.557. The van der Waals surface area contributed by atoms with E-state index in [4.69, 9.17) is 4.74 Å². The minimum atomic E-state index is -0.315. The van der Waals surface area contributed by atoms with Gasteiger partial charge in [0.1, 0.15) is 16.5 Å². The van der Waals surface area contributed by atoms with Gasteiger partial charge in [-0.15, -0.1) is 22.7 Å². The molecule has 1 N–H and O–H groups in total. The number of carbonyl (C=O) groups is 1. The van der Waals surface area contributed by atoms with E-state index in [-0.39, 0.29) is 11.7 Å². The van der Waals surface area contributed by atoms with E-state index in [1.54, 1.807) is 30.7 Å². The van der Waals surface area contributed by atoms with E-state index in [9.17, 15) is 9.18 Å². The molecule has 1 amide bonds. The number of ether oxygens (including phenoxy) is 1. The molecule has 0 spiro atoms. The first kappa shape index (κ1) is 17.7. The third kappa shape index (κ3) is 4.28. The molecule has 0 fully saturated rings. The molecule has 5 nitrogen and oxygen atoms in total. The van der Waals surface area contributed by atoms with Gasteiger partial charge in [0.25, 0.3) is 5.91 Å². The minimum absolute atomic E-state index is 0.242. The quantitative estimate of drug-likeness (QED) is 0.704. The van der Waals surface area contributed by atoms with Crippen LogP contribution in [0, 0.1) is 12.7 Å². The molecule has 0 saturated carbocycles. The lowest BCUT2D eigenvalue weighted by molar-refractivity contribution is 0.102. The van der Waals surface area contributed by atoms with E-state index >= 15 is 0 Å². The monoisotopic (exact) mass is 377 g/mol. The molecule has 0 aliphatic rings. The van der Waals surface area contributed by atoms with Crippen molar-refractivity contribution >= 4 is 33.7 Å². The number of thiazole rings is 2. The Hall–Kier alpha value is -2.16. The fraction of sp³-hybridized carbons (Fsp3) is 0.235. The first-order chi connectivity index (χ1) is 12.1. The number of halogens is 1. The predicted molar refractivity (Wildman–Crippen MR) is 96.8 cm³/mol. The summed E-state index contributed by atoms with van der Waals surface area (Å²) >= 11 is 2.71. The number of anilines is 1. The molecule has 8 heteroatoms. The average molecular weight is 377 g/mol. The number of rotatable bonds is 6. The van der Waals surface area contributed by atoms with Crippen LogP contribution >= 0.6 is 22.7 Å². The van der Waals surface area contributed by atoms with E-state index in [1.807, 2.05) is 6.92 Å². The SMILES string of the molecule is COCc1nc(C(=O)Nc2nc(C)c(Cc3ccccc3F)s2)cs1. The molecule has 0 bridgehead atoms. The third-order valence-electron chi connectivity index (χ3n) is 3.47. The number of amides is 1. The maximum absolute atomic E-state index is 13.8. The summed E-state index contributed by atoms with van der Waals surface area (Å²) in [4.78, 5) is 21.8. The van der Waals surface area contributed by atoms with Gasteiger partial charge in [0, 0.05) is 23.8 Å². The zero-order valence-corrected chi connectivity index (χ0v) is 15.3. The largest absolute Gasteiger partial charge is 0.378 e. The van der Waals surface area contributed by atoms with Crippen LogP contribution in [0.3, 0.4) is 0 Å². The molecule has 0 atom stereocenters. The molecule has 3 rings (SSSR count). The van der Waals surface area contributed by atoms with Gasteiger partial charge in [0.05, 0.1) is 12.3 Å². The van der Waals surface area contributed by atoms with Gasteiger partial charge < -0.3 is 4.74 Å². The highest BCUT2D eigenvalue weighted by atomic mass is 32.1. The van der Waals surface area contributed by atoms with Crippen molar-refractivity contribution in [2.75, 3.05) is 12.4 Å². The third-order valence-corrected chi connectivity index (χ3v) is 5.37. The van der Waals surface area contributed by atoms with E-state index in [1.165, 1.54) is 28.7 Å². The molecule has 2 aromatic heterocycles. The maximum atomic E-state index is 13.8. The normalized spacial score (nSPS) is 10.8. The van der Waals surface area contributed by atoms with Gasteiger partial charge in [0.2, 0.25) is 0 Å². The molecule has 0 unspecified atom stereocenters. The van der Waals surface area contributed by atoms with Crippen molar-refractivity contribution in [1.82, 2.24) is 9.97 Å².